The van der Waals surface area contributed by atoms with Crippen molar-refractivity contribution in [3.8, 4) is 5.75 Å². The van der Waals surface area contributed by atoms with Crippen molar-refractivity contribution >= 4 is 17.5 Å². The Balaban J connectivity index is 2.53. The predicted molar refractivity (Wildman–Crippen MR) is 64.2 cm³/mol. The van der Waals surface area contributed by atoms with Gasteiger partial charge in [-0.3, -0.25) is 9.20 Å². The second-order valence-electron chi connectivity index (χ2n) is 3.90. The average Bonchev–Trinajstić information content (AvgIpc) is 2.73. The number of pyridine rings is 1. The van der Waals surface area contributed by atoms with Gasteiger partial charge in [0, 0.05) is 6.42 Å². The van der Waals surface area contributed by atoms with Gasteiger partial charge in [-0.15, -0.1) is 0 Å². The summed E-state index contributed by atoms with van der Waals surface area (Å²) in [6.45, 7) is 0. The maximum Gasteiger partial charge on any atom is 0.358 e. The molecular weight excluding hydrogens is 252 g/mol. The third-order valence-electron chi connectivity index (χ3n) is 2.64. The summed E-state index contributed by atoms with van der Waals surface area (Å²) in [5, 5.41) is 18.1. The number of ether oxygens (including phenoxy) is 1. The van der Waals surface area contributed by atoms with E-state index in [-0.39, 0.29) is 24.3 Å². The summed E-state index contributed by atoms with van der Waals surface area (Å²) in [4.78, 5) is 26.3. The molecule has 0 spiro atoms. The van der Waals surface area contributed by atoms with E-state index in [0.29, 0.717) is 11.3 Å². The molecule has 0 aliphatic heterocycles. The Bertz CT molecular complexity index is 647. The quantitative estimate of drug-likeness (QED) is 0.794. The van der Waals surface area contributed by atoms with Crippen molar-refractivity contribution in [1.82, 2.24) is 9.38 Å². The summed E-state index contributed by atoms with van der Waals surface area (Å²) in [5.41, 5.74) is 0.563. The van der Waals surface area contributed by atoms with Crippen LogP contribution in [0.5, 0.6) is 5.75 Å². The second-order valence-corrected chi connectivity index (χ2v) is 3.90. The van der Waals surface area contributed by atoms with Crippen molar-refractivity contribution in [1.29, 1.82) is 0 Å². The molecule has 7 heteroatoms. The van der Waals surface area contributed by atoms with Crippen LogP contribution in [0.25, 0.3) is 5.52 Å². The van der Waals surface area contributed by atoms with Gasteiger partial charge in [-0.25, -0.2) is 9.78 Å². The van der Waals surface area contributed by atoms with Crippen LogP contribution in [0.2, 0.25) is 0 Å². The van der Waals surface area contributed by atoms with Crippen molar-refractivity contribution in [3.05, 3.63) is 29.8 Å². The zero-order valence-electron chi connectivity index (χ0n) is 10.2. The van der Waals surface area contributed by atoms with Gasteiger partial charge < -0.3 is 14.9 Å². The predicted octanol–water partition coefficient (Wildman–Crippen LogP) is 0.844. The lowest BCUT2D eigenvalue weighted by Crippen LogP contribution is -2.03. The van der Waals surface area contributed by atoms with Crippen molar-refractivity contribution in [2.24, 2.45) is 0 Å². The summed E-state index contributed by atoms with van der Waals surface area (Å²) < 4.78 is 6.11. The minimum Gasteiger partial charge on any atom is -0.506 e. The Morgan fingerprint density at radius 2 is 2.16 bits per heavy atom. The lowest BCUT2D eigenvalue weighted by Gasteiger charge is -2.00. The summed E-state index contributed by atoms with van der Waals surface area (Å²) in [5.74, 6) is -1.19. The standard InChI is InChI=1S/C12H12N2O5/c1-19-12(18)11-8-3-2-7(15)6-14(8)9(13-11)4-5-10(16)17/h2-3,6,15H,4-5H2,1H3,(H,16,17). The molecule has 2 N–H and O–H groups in total. The SMILES string of the molecule is COC(=O)c1nc(CCC(=O)O)n2cc(O)ccc12. The van der Waals surface area contributed by atoms with E-state index in [9.17, 15) is 14.7 Å². The fourth-order valence-corrected chi connectivity index (χ4v) is 1.78. The summed E-state index contributed by atoms with van der Waals surface area (Å²) in [6, 6.07) is 2.95. The van der Waals surface area contributed by atoms with Crippen LogP contribution in [0.4, 0.5) is 0 Å². The van der Waals surface area contributed by atoms with Crippen LogP contribution in [0.15, 0.2) is 18.3 Å². The van der Waals surface area contributed by atoms with Crippen LogP contribution in [0.1, 0.15) is 22.7 Å². The highest BCUT2D eigenvalue weighted by molar-refractivity contribution is 5.95. The normalized spacial score (nSPS) is 10.6. The number of esters is 1. The molecule has 0 aliphatic rings. The Kier molecular flexibility index (Phi) is 3.37. The van der Waals surface area contributed by atoms with Crippen molar-refractivity contribution in [2.75, 3.05) is 7.11 Å². The van der Waals surface area contributed by atoms with E-state index in [1.165, 1.54) is 29.8 Å². The molecule has 0 aliphatic carbocycles. The van der Waals surface area contributed by atoms with Gasteiger partial charge in [0.15, 0.2) is 5.69 Å². The minimum atomic E-state index is -0.962. The molecule has 0 amide bonds. The number of carboxylic acids is 1. The number of rotatable bonds is 4. The minimum absolute atomic E-state index is 0.00195. The highest BCUT2D eigenvalue weighted by atomic mass is 16.5. The van der Waals surface area contributed by atoms with Gasteiger partial charge in [-0.1, -0.05) is 0 Å². The van der Waals surface area contributed by atoms with Crippen LogP contribution < -0.4 is 0 Å². The molecule has 2 rings (SSSR count). The topological polar surface area (TPSA) is 101 Å². The number of aliphatic carboxylic acids is 1. The van der Waals surface area contributed by atoms with E-state index in [1.807, 2.05) is 0 Å². The van der Waals surface area contributed by atoms with E-state index in [1.54, 1.807) is 0 Å². The Morgan fingerprint density at radius 3 is 2.79 bits per heavy atom. The highest BCUT2D eigenvalue weighted by Gasteiger charge is 2.18. The van der Waals surface area contributed by atoms with E-state index < -0.39 is 11.9 Å². The molecule has 100 valence electrons. The number of methoxy groups -OCH3 is 1. The number of fused-ring (bicyclic) bond motifs is 1. The van der Waals surface area contributed by atoms with Gasteiger partial charge in [0.05, 0.1) is 25.2 Å². The first-order chi connectivity index (χ1) is 9.02. The zero-order valence-corrected chi connectivity index (χ0v) is 10.2. The zero-order chi connectivity index (χ0) is 14.0. The number of aryl methyl sites for hydroxylation is 1. The van der Waals surface area contributed by atoms with Crippen LogP contribution in [0, 0.1) is 0 Å². The maximum atomic E-state index is 11.6. The van der Waals surface area contributed by atoms with Gasteiger partial charge in [0.1, 0.15) is 11.6 Å². The van der Waals surface area contributed by atoms with Crippen molar-refractivity contribution < 1.29 is 24.5 Å². The number of carboxylic acid groups (broad SMARTS) is 1. The number of aromatic nitrogens is 2. The van der Waals surface area contributed by atoms with Gasteiger partial charge in [0.25, 0.3) is 0 Å². The lowest BCUT2D eigenvalue weighted by atomic mass is 10.3. The molecule has 0 saturated heterocycles. The molecule has 0 aromatic carbocycles. The molecule has 2 aromatic rings. The van der Waals surface area contributed by atoms with E-state index in [4.69, 9.17) is 5.11 Å². The number of carbonyl (C=O) groups is 2. The maximum absolute atomic E-state index is 11.6. The summed E-state index contributed by atoms with van der Waals surface area (Å²) in [6.07, 6.45) is 1.41. The van der Waals surface area contributed by atoms with Crippen molar-refractivity contribution in [3.63, 3.8) is 0 Å². The van der Waals surface area contributed by atoms with Gasteiger partial charge >= 0.3 is 11.9 Å². The number of imidazole rings is 1. The molecule has 0 bridgehead atoms. The highest BCUT2D eigenvalue weighted by Crippen LogP contribution is 2.19. The van der Waals surface area contributed by atoms with Gasteiger partial charge in [-0.05, 0) is 12.1 Å². The summed E-state index contributed by atoms with van der Waals surface area (Å²) in [7, 11) is 1.24. The molecule has 19 heavy (non-hydrogen) atoms. The molecule has 0 radical (unpaired) electrons. The van der Waals surface area contributed by atoms with Crippen LogP contribution in [-0.4, -0.2) is 38.6 Å². The Labute approximate surface area is 108 Å². The first-order valence-corrected chi connectivity index (χ1v) is 5.53. The first kappa shape index (κ1) is 12.9. The largest absolute Gasteiger partial charge is 0.506 e. The molecule has 2 aromatic heterocycles. The first-order valence-electron chi connectivity index (χ1n) is 5.53. The van der Waals surface area contributed by atoms with Crippen LogP contribution in [0.3, 0.4) is 0 Å². The monoisotopic (exact) mass is 264 g/mol. The Hall–Kier alpha value is -2.57. The number of carbonyl (C=O) groups excluding carboxylic acids is 1. The molecule has 0 fully saturated rings. The fraction of sp³-hybridized carbons (Fsp3) is 0.250. The molecular formula is C12H12N2O5. The summed E-state index contributed by atoms with van der Waals surface area (Å²) >= 11 is 0. The fourth-order valence-electron chi connectivity index (χ4n) is 1.78. The third-order valence-corrected chi connectivity index (χ3v) is 2.64. The molecule has 0 saturated carbocycles. The van der Waals surface area contributed by atoms with Crippen LogP contribution >= 0.6 is 0 Å². The number of hydrogen-bond donors (Lipinski definition) is 2. The molecule has 2 heterocycles. The average molecular weight is 264 g/mol. The molecule has 7 nitrogen and oxygen atoms in total. The number of hydrogen-bond acceptors (Lipinski definition) is 5. The number of aromatic hydroxyl groups is 1. The molecule has 0 atom stereocenters. The van der Waals surface area contributed by atoms with Gasteiger partial charge in [-0.2, -0.15) is 0 Å². The van der Waals surface area contributed by atoms with Crippen molar-refractivity contribution in [2.45, 2.75) is 12.8 Å². The number of nitrogens with zero attached hydrogens (tertiary/aromatic N) is 2. The lowest BCUT2D eigenvalue weighted by molar-refractivity contribution is -0.137. The smallest absolute Gasteiger partial charge is 0.358 e. The molecule has 0 unspecified atom stereocenters. The third kappa shape index (κ3) is 2.49. The second kappa shape index (κ2) is 4.97. The van der Waals surface area contributed by atoms with Crippen LogP contribution in [-0.2, 0) is 16.0 Å². The van der Waals surface area contributed by atoms with E-state index in [0.717, 1.165) is 0 Å². The van der Waals surface area contributed by atoms with E-state index >= 15 is 0 Å². The van der Waals surface area contributed by atoms with Gasteiger partial charge in [0.2, 0.25) is 0 Å². The Morgan fingerprint density at radius 1 is 1.42 bits per heavy atom. The van der Waals surface area contributed by atoms with E-state index in [2.05, 4.69) is 9.72 Å².